The first-order valence-corrected chi connectivity index (χ1v) is 4.89. The van der Waals surface area contributed by atoms with E-state index in [1.54, 1.807) is 10.8 Å². The maximum atomic E-state index is 11.6. The number of hydrogen-bond donors (Lipinski definition) is 0. The molecule has 0 spiro atoms. The Morgan fingerprint density at radius 3 is 3.00 bits per heavy atom. The predicted molar refractivity (Wildman–Crippen MR) is 54.1 cm³/mol. The SMILES string of the molecule is CC/C=C/C(=O)c1cnnn1CCC. The molecule has 0 N–H and O–H groups in total. The molecule has 0 fully saturated rings. The number of allylic oxidation sites excluding steroid dienone is 2. The highest BCUT2D eigenvalue weighted by atomic mass is 16.1. The Balaban J connectivity index is 2.78. The fraction of sp³-hybridized carbons (Fsp3) is 0.500. The van der Waals surface area contributed by atoms with Crippen molar-refractivity contribution in [1.82, 2.24) is 15.0 Å². The van der Waals surface area contributed by atoms with E-state index in [0.717, 1.165) is 19.4 Å². The highest BCUT2D eigenvalue weighted by Crippen LogP contribution is 2.00. The van der Waals surface area contributed by atoms with Gasteiger partial charge in [-0.3, -0.25) is 4.79 Å². The molecule has 0 aliphatic rings. The lowest BCUT2D eigenvalue weighted by molar-refractivity contribution is 0.103. The second-order valence-electron chi connectivity index (χ2n) is 3.02. The molecule has 0 unspecified atom stereocenters. The Bertz CT molecular complexity index is 328. The van der Waals surface area contributed by atoms with Gasteiger partial charge in [-0.25, -0.2) is 4.68 Å². The number of rotatable bonds is 5. The maximum absolute atomic E-state index is 11.6. The van der Waals surface area contributed by atoms with Crippen LogP contribution in [0.15, 0.2) is 18.3 Å². The molecule has 0 atom stereocenters. The highest BCUT2D eigenvalue weighted by Gasteiger charge is 2.08. The maximum Gasteiger partial charge on any atom is 0.205 e. The number of aryl methyl sites for hydroxylation is 1. The van der Waals surface area contributed by atoms with Crippen LogP contribution in [0.3, 0.4) is 0 Å². The Labute approximate surface area is 83.6 Å². The molecule has 1 aromatic rings. The van der Waals surface area contributed by atoms with Crippen LogP contribution in [-0.2, 0) is 6.54 Å². The van der Waals surface area contributed by atoms with E-state index in [1.165, 1.54) is 6.20 Å². The molecular formula is C10H15N3O. The molecule has 0 saturated heterocycles. The molecular weight excluding hydrogens is 178 g/mol. The molecule has 0 aliphatic carbocycles. The minimum absolute atomic E-state index is 0.0229. The third-order valence-electron chi connectivity index (χ3n) is 1.81. The van der Waals surface area contributed by atoms with Crippen molar-refractivity contribution in [3.05, 3.63) is 24.0 Å². The van der Waals surface area contributed by atoms with Gasteiger partial charge in [-0.15, -0.1) is 5.10 Å². The molecule has 0 bridgehead atoms. The van der Waals surface area contributed by atoms with E-state index in [0.29, 0.717) is 5.69 Å². The smallest absolute Gasteiger partial charge is 0.205 e. The summed E-state index contributed by atoms with van der Waals surface area (Å²) in [5.41, 5.74) is 0.566. The molecule has 1 rings (SSSR count). The number of nitrogens with zero attached hydrogens (tertiary/aromatic N) is 3. The molecule has 0 amide bonds. The summed E-state index contributed by atoms with van der Waals surface area (Å²) >= 11 is 0. The van der Waals surface area contributed by atoms with Gasteiger partial charge < -0.3 is 0 Å². The zero-order chi connectivity index (χ0) is 10.4. The van der Waals surface area contributed by atoms with Crippen molar-refractivity contribution in [3.8, 4) is 0 Å². The highest BCUT2D eigenvalue weighted by molar-refractivity contribution is 6.02. The normalized spacial score (nSPS) is 11.0. The van der Waals surface area contributed by atoms with Crippen LogP contribution in [0.1, 0.15) is 37.2 Å². The first-order valence-electron chi connectivity index (χ1n) is 4.89. The van der Waals surface area contributed by atoms with E-state index in [9.17, 15) is 4.79 Å². The lowest BCUT2D eigenvalue weighted by Gasteiger charge is -1.99. The van der Waals surface area contributed by atoms with E-state index < -0.39 is 0 Å². The second-order valence-corrected chi connectivity index (χ2v) is 3.02. The lowest BCUT2D eigenvalue weighted by Crippen LogP contribution is -2.08. The third-order valence-corrected chi connectivity index (χ3v) is 1.81. The minimum atomic E-state index is -0.0229. The van der Waals surface area contributed by atoms with E-state index in [1.807, 2.05) is 19.9 Å². The number of carbonyl (C=O) groups is 1. The summed E-state index contributed by atoms with van der Waals surface area (Å²) in [6, 6.07) is 0. The van der Waals surface area contributed by atoms with Gasteiger partial charge >= 0.3 is 0 Å². The van der Waals surface area contributed by atoms with Crippen LogP contribution in [0.2, 0.25) is 0 Å². The fourth-order valence-corrected chi connectivity index (χ4v) is 1.14. The van der Waals surface area contributed by atoms with Crippen molar-refractivity contribution in [3.63, 3.8) is 0 Å². The Hall–Kier alpha value is -1.45. The molecule has 0 radical (unpaired) electrons. The summed E-state index contributed by atoms with van der Waals surface area (Å²) in [5, 5.41) is 7.58. The van der Waals surface area contributed by atoms with Gasteiger partial charge in [-0.05, 0) is 18.9 Å². The van der Waals surface area contributed by atoms with Crippen molar-refractivity contribution in [1.29, 1.82) is 0 Å². The Kier molecular flexibility index (Phi) is 4.04. The van der Waals surface area contributed by atoms with Crippen LogP contribution < -0.4 is 0 Å². The summed E-state index contributed by atoms with van der Waals surface area (Å²) in [5.74, 6) is -0.0229. The predicted octanol–water partition coefficient (Wildman–Crippen LogP) is 1.84. The monoisotopic (exact) mass is 193 g/mol. The minimum Gasteiger partial charge on any atom is -0.288 e. The van der Waals surface area contributed by atoms with Crippen LogP contribution in [0, 0.1) is 0 Å². The summed E-state index contributed by atoms with van der Waals surface area (Å²) < 4.78 is 1.64. The zero-order valence-corrected chi connectivity index (χ0v) is 8.60. The van der Waals surface area contributed by atoms with Crippen LogP contribution in [0.4, 0.5) is 0 Å². The van der Waals surface area contributed by atoms with Crippen molar-refractivity contribution in [2.45, 2.75) is 33.2 Å². The van der Waals surface area contributed by atoms with Crippen molar-refractivity contribution in [2.24, 2.45) is 0 Å². The Morgan fingerprint density at radius 1 is 1.57 bits per heavy atom. The zero-order valence-electron chi connectivity index (χ0n) is 8.60. The summed E-state index contributed by atoms with van der Waals surface area (Å²) in [7, 11) is 0. The summed E-state index contributed by atoms with van der Waals surface area (Å²) in [4.78, 5) is 11.6. The van der Waals surface area contributed by atoms with Gasteiger partial charge in [0.1, 0.15) is 5.69 Å². The van der Waals surface area contributed by atoms with Gasteiger partial charge in [-0.1, -0.05) is 25.1 Å². The van der Waals surface area contributed by atoms with Gasteiger partial charge in [-0.2, -0.15) is 0 Å². The Morgan fingerprint density at radius 2 is 2.36 bits per heavy atom. The summed E-state index contributed by atoms with van der Waals surface area (Å²) in [6.45, 7) is 4.77. The molecule has 76 valence electrons. The van der Waals surface area contributed by atoms with Crippen molar-refractivity contribution < 1.29 is 4.79 Å². The number of hydrogen-bond acceptors (Lipinski definition) is 3. The summed E-state index contributed by atoms with van der Waals surface area (Å²) in [6.07, 6.45) is 6.73. The molecule has 0 aliphatic heterocycles. The molecule has 0 saturated carbocycles. The molecule has 1 heterocycles. The average Bonchev–Trinajstić information content (AvgIpc) is 2.63. The van der Waals surface area contributed by atoms with Gasteiger partial charge in [0.05, 0.1) is 6.20 Å². The standard InChI is InChI=1S/C10H15N3O/c1-3-5-6-10(14)9-8-11-12-13(9)7-4-2/h5-6,8H,3-4,7H2,1-2H3/b6-5+. The van der Waals surface area contributed by atoms with E-state index in [-0.39, 0.29) is 5.78 Å². The topological polar surface area (TPSA) is 47.8 Å². The molecule has 4 nitrogen and oxygen atoms in total. The lowest BCUT2D eigenvalue weighted by atomic mass is 10.2. The van der Waals surface area contributed by atoms with Crippen LogP contribution in [0.5, 0.6) is 0 Å². The van der Waals surface area contributed by atoms with E-state index in [2.05, 4.69) is 10.3 Å². The molecule has 1 aromatic heterocycles. The average molecular weight is 193 g/mol. The van der Waals surface area contributed by atoms with Crippen LogP contribution >= 0.6 is 0 Å². The molecule has 4 heteroatoms. The van der Waals surface area contributed by atoms with E-state index >= 15 is 0 Å². The molecule has 14 heavy (non-hydrogen) atoms. The molecule has 0 aromatic carbocycles. The first kappa shape index (κ1) is 10.6. The van der Waals surface area contributed by atoms with Gasteiger partial charge in [0, 0.05) is 6.54 Å². The van der Waals surface area contributed by atoms with E-state index in [4.69, 9.17) is 0 Å². The third kappa shape index (κ3) is 2.52. The van der Waals surface area contributed by atoms with Crippen LogP contribution in [-0.4, -0.2) is 20.8 Å². The van der Waals surface area contributed by atoms with Crippen molar-refractivity contribution >= 4 is 5.78 Å². The van der Waals surface area contributed by atoms with Gasteiger partial charge in [0.2, 0.25) is 5.78 Å². The van der Waals surface area contributed by atoms with Gasteiger partial charge in [0.25, 0.3) is 0 Å². The van der Waals surface area contributed by atoms with Crippen LogP contribution in [0.25, 0.3) is 0 Å². The first-order chi connectivity index (χ1) is 6.79. The van der Waals surface area contributed by atoms with Gasteiger partial charge in [0.15, 0.2) is 0 Å². The van der Waals surface area contributed by atoms with Crippen molar-refractivity contribution in [2.75, 3.05) is 0 Å². The largest absolute Gasteiger partial charge is 0.288 e. The number of aromatic nitrogens is 3. The number of ketones is 1. The number of carbonyl (C=O) groups excluding carboxylic acids is 1. The fourth-order valence-electron chi connectivity index (χ4n) is 1.14. The second kappa shape index (κ2) is 5.32. The quantitative estimate of drug-likeness (QED) is 0.529.